The molecule has 6 nitrogen and oxygen atoms in total. The third kappa shape index (κ3) is 8.62. The Morgan fingerprint density at radius 1 is 0.914 bits per heavy atom. The number of carbonyl (C=O) groups excluding carboxylic acids is 2. The number of halogens is 2. The summed E-state index contributed by atoms with van der Waals surface area (Å²) < 4.78 is 11.3. The van der Waals surface area contributed by atoms with Crippen LogP contribution in [0.25, 0.3) is 0 Å². The zero-order valence-electron chi connectivity index (χ0n) is 21.0. The first-order valence-electron chi connectivity index (χ1n) is 12.2. The Morgan fingerprint density at radius 3 is 2.23 bits per heavy atom. The molecule has 0 fully saturated rings. The molecule has 0 saturated carbocycles. The summed E-state index contributed by atoms with van der Waals surface area (Å²) in [5.41, 5.74) is 1.78. The van der Waals surface area contributed by atoms with Crippen LogP contribution in [0, 0.1) is 0 Å². The number of nitrogens with one attached hydrogen (secondary N) is 1. The standard InChI is InChI=1S/C27H36Cl2N2O4/c1-5-15-30-27(33)23(6-2)31(18-20-9-12-21(28)22(29)16-20)26(32)14-11-19-10-13-24(34-7-3)25(17-19)35-8-4/h9-10,12-13,16-17,23H,5-8,11,14-15,18H2,1-4H3,(H,30,33)/t23-/m0/s1. The SMILES string of the molecule is CCCNC(=O)[C@H](CC)N(Cc1ccc(Cl)c(Cl)c1)C(=O)CCc1ccc(OCC)c(OCC)c1. The molecule has 0 saturated heterocycles. The minimum atomic E-state index is -0.581. The summed E-state index contributed by atoms with van der Waals surface area (Å²) in [6, 6.07) is 10.4. The van der Waals surface area contributed by atoms with Crippen LogP contribution < -0.4 is 14.8 Å². The van der Waals surface area contributed by atoms with Crippen molar-refractivity contribution >= 4 is 35.0 Å². The fraction of sp³-hybridized carbons (Fsp3) is 0.481. The van der Waals surface area contributed by atoms with E-state index in [2.05, 4.69) is 5.32 Å². The Kier molecular flexibility index (Phi) is 12.2. The molecule has 0 unspecified atom stereocenters. The van der Waals surface area contributed by atoms with Gasteiger partial charge in [0.05, 0.1) is 23.3 Å². The lowest BCUT2D eigenvalue weighted by molar-refractivity contribution is -0.141. The summed E-state index contributed by atoms with van der Waals surface area (Å²) in [5.74, 6) is 1.09. The molecule has 0 aliphatic rings. The molecule has 8 heteroatoms. The number of benzene rings is 2. The third-order valence-electron chi connectivity index (χ3n) is 5.51. The summed E-state index contributed by atoms with van der Waals surface area (Å²) in [5, 5.41) is 3.79. The van der Waals surface area contributed by atoms with E-state index in [1.54, 1.807) is 17.0 Å². The molecule has 0 spiro atoms. The Labute approximate surface area is 218 Å². The molecule has 0 aliphatic carbocycles. The topological polar surface area (TPSA) is 67.9 Å². The second-order valence-corrected chi connectivity index (χ2v) is 8.95. The van der Waals surface area contributed by atoms with Crippen molar-refractivity contribution in [1.82, 2.24) is 10.2 Å². The molecule has 0 aromatic heterocycles. The number of hydrogen-bond acceptors (Lipinski definition) is 4. The highest BCUT2D eigenvalue weighted by Gasteiger charge is 2.28. The smallest absolute Gasteiger partial charge is 0.242 e. The van der Waals surface area contributed by atoms with Gasteiger partial charge in [0.1, 0.15) is 6.04 Å². The highest BCUT2D eigenvalue weighted by atomic mass is 35.5. The summed E-state index contributed by atoms with van der Waals surface area (Å²) in [4.78, 5) is 28.0. The Bertz CT molecular complexity index is 984. The average Bonchev–Trinajstić information content (AvgIpc) is 2.84. The van der Waals surface area contributed by atoms with E-state index < -0.39 is 6.04 Å². The number of amides is 2. The predicted molar refractivity (Wildman–Crippen MR) is 141 cm³/mol. The molecule has 0 radical (unpaired) electrons. The summed E-state index contributed by atoms with van der Waals surface area (Å²) in [7, 11) is 0. The first-order valence-corrected chi connectivity index (χ1v) is 13.0. The Morgan fingerprint density at radius 2 is 1.60 bits per heavy atom. The van der Waals surface area contributed by atoms with Crippen LogP contribution in [0.3, 0.4) is 0 Å². The molecule has 192 valence electrons. The largest absolute Gasteiger partial charge is 0.490 e. The van der Waals surface area contributed by atoms with Gasteiger partial charge in [0.15, 0.2) is 11.5 Å². The molecule has 0 heterocycles. The number of carbonyl (C=O) groups is 2. The van der Waals surface area contributed by atoms with Crippen LogP contribution in [0.2, 0.25) is 10.0 Å². The third-order valence-corrected chi connectivity index (χ3v) is 6.25. The lowest BCUT2D eigenvalue weighted by Gasteiger charge is -2.31. The molecule has 2 rings (SSSR count). The Balaban J connectivity index is 2.24. The van der Waals surface area contributed by atoms with E-state index >= 15 is 0 Å². The van der Waals surface area contributed by atoms with E-state index in [1.165, 1.54) is 0 Å². The fourth-order valence-electron chi connectivity index (χ4n) is 3.77. The first kappa shape index (κ1) is 28.8. The van der Waals surface area contributed by atoms with Crippen LogP contribution in [0.4, 0.5) is 0 Å². The predicted octanol–water partition coefficient (Wildman–Crippen LogP) is 6.06. The average molecular weight is 524 g/mol. The van der Waals surface area contributed by atoms with Crippen LogP contribution in [0.5, 0.6) is 11.5 Å². The highest BCUT2D eigenvalue weighted by Crippen LogP contribution is 2.29. The van der Waals surface area contributed by atoms with Crippen molar-refractivity contribution in [1.29, 1.82) is 0 Å². The molecule has 1 N–H and O–H groups in total. The maximum Gasteiger partial charge on any atom is 0.242 e. The fourth-order valence-corrected chi connectivity index (χ4v) is 4.09. The molecule has 2 aromatic carbocycles. The van der Waals surface area contributed by atoms with Gasteiger partial charge in [-0.15, -0.1) is 0 Å². The van der Waals surface area contributed by atoms with E-state index in [9.17, 15) is 9.59 Å². The monoisotopic (exact) mass is 522 g/mol. The van der Waals surface area contributed by atoms with Crippen molar-refractivity contribution in [2.75, 3.05) is 19.8 Å². The van der Waals surface area contributed by atoms with Gasteiger partial charge in [-0.3, -0.25) is 9.59 Å². The number of nitrogens with zero attached hydrogens (tertiary/aromatic N) is 1. The van der Waals surface area contributed by atoms with Crippen molar-refractivity contribution in [2.24, 2.45) is 0 Å². The number of rotatable bonds is 14. The number of aryl methyl sites for hydroxylation is 1. The molecule has 1 atom stereocenters. The van der Waals surface area contributed by atoms with Crippen LogP contribution in [-0.4, -0.2) is 42.5 Å². The number of hydrogen-bond donors (Lipinski definition) is 1. The van der Waals surface area contributed by atoms with E-state index in [0.29, 0.717) is 54.1 Å². The van der Waals surface area contributed by atoms with E-state index in [-0.39, 0.29) is 24.8 Å². The maximum atomic E-state index is 13.5. The summed E-state index contributed by atoms with van der Waals surface area (Å²) in [6.07, 6.45) is 2.08. The van der Waals surface area contributed by atoms with Gasteiger partial charge in [0, 0.05) is 19.5 Å². The van der Waals surface area contributed by atoms with Gasteiger partial charge in [-0.05, 0) is 68.5 Å². The van der Waals surface area contributed by atoms with Gasteiger partial charge < -0.3 is 19.7 Å². The first-order chi connectivity index (χ1) is 16.8. The second-order valence-electron chi connectivity index (χ2n) is 8.13. The van der Waals surface area contributed by atoms with Crippen molar-refractivity contribution in [3.63, 3.8) is 0 Å². The molecule has 2 amide bonds. The van der Waals surface area contributed by atoms with Crippen molar-refractivity contribution in [3.05, 3.63) is 57.6 Å². The quantitative estimate of drug-likeness (QED) is 0.327. The zero-order valence-corrected chi connectivity index (χ0v) is 22.5. The van der Waals surface area contributed by atoms with Crippen LogP contribution in [0.15, 0.2) is 36.4 Å². The van der Waals surface area contributed by atoms with Gasteiger partial charge in [0.2, 0.25) is 11.8 Å². The van der Waals surface area contributed by atoms with Crippen LogP contribution >= 0.6 is 23.2 Å². The minimum Gasteiger partial charge on any atom is -0.490 e. The summed E-state index contributed by atoms with van der Waals surface area (Å²) >= 11 is 12.3. The maximum absolute atomic E-state index is 13.5. The molecular formula is C27H36Cl2N2O4. The van der Waals surface area contributed by atoms with Crippen LogP contribution in [0.1, 0.15) is 58.1 Å². The van der Waals surface area contributed by atoms with Crippen LogP contribution in [-0.2, 0) is 22.6 Å². The zero-order chi connectivity index (χ0) is 25.8. The highest BCUT2D eigenvalue weighted by molar-refractivity contribution is 6.42. The summed E-state index contributed by atoms with van der Waals surface area (Å²) in [6.45, 7) is 9.63. The van der Waals surface area contributed by atoms with E-state index in [0.717, 1.165) is 17.5 Å². The Hall–Kier alpha value is -2.44. The molecular weight excluding hydrogens is 487 g/mol. The second kappa shape index (κ2) is 14.8. The van der Waals surface area contributed by atoms with Gasteiger partial charge in [-0.2, -0.15) is 0 Å². The van der Waals surface area contributed by atoms with Gasteiger partial charge in [0.25, 0.3) is 0 Å². The van der Waals surface area contributed by atoms with E-state index in [4.69, 9.17) is 32.7 Å². The van der Waals surface area contributed by atoms with Gasteiger partial charge >= 0.3 is 0 Å². The molecule has 2 aromatic rings. The van der Waals surface area contributed by atoms with Crippen molar-refractivity contribution in [3.8, 4) is 11.5 Å². The van der Waals surface area contributed by atoms with Gasteiger partial charge in [-0.25, -0.2) is 0 Å². The lowest BCUT2D eigenvalue weighted by atomic mass is 10.1. The number of ether oxygens (including phenoxy) is 2. The molecule has 0 aliphatic heterocycles. The molecule has 0 bridgehead atoms. The van der Waals surface area contributed by atoms with Crippen molar-refractivity contribution < 1.29 is 19.1 Å². The van der Waals surface area contributed by atoms with Gasteiger partial charge in [-0.1, -0.05) is 49.2 Å². The molecule has 35 heavy (non-hydrogen) atoms. The van der Waals surface area contributed by atoms with E-state index in [1.807, 2.05) is 52.0 Å². The lowest BCUT2D eigenvalue weighted by Crippen LogP contribution is -2.49. The van der Waals surface area contributed by atoms with Crippen molar-refractivity contribution in [2.45, 2.75) is 66.0 Å². The minimum absolute atomic E-state index is 0.110. The normalized spacial score (nSPS) is 11.6.